The zero-order chi connectivity index (χ0) is 28.4. The van der Waals surface area contributed by atoms with Crippen molar-refractivity contribution >= 4 is 28.7 Å². The number of nitrogens with zero attached hydrogens (tertiary/aromatic N) is 4. The number of anilines is 3. The molecule has 0 bridgehead atoms. The number of nitrogens with one attached hydrogen (secondary N) is 2. The van der Waals surface area contributed by atoms with Crippen molar-refractivity contribution in [2.45, 2.75) is 26.1 Å². The smallest absolute Gasteiger partial charge is 0.382 e. The maximum absolute atomic E-state index is 14.0. The van der Waals surface area contributed by atoms with Gasteiger partial charge in [0.15, 0.2) is 5.82 Å². The van der Waals surface area contributed by atoms with Crippen LogP contribution in [0.15, 0.2) is 48.8 Å². The van der Waals surface area contributed by atoms with Crippen molar-refractivity contribution in [2.75, 3.05) is 42.7 Å². The number of ether oxygens (including phenoxy) is 1. The molecule has 13 heteroatoms. The number of urea groups is 1. The highest BCUT2D eigenvalue weighted by molar-refractivity contribution is 6.00. The van der Waals surface area contributed by atoms with Crippen LogP contribution in [0.2, 0.25) is 0 Å². The number of rotatable bonds is 5. The molecule has 0 spiro atoms. The van der Waals surface area contributed by atoms with E-state index < -0.39 is 29.3 Å². The normalized spacial score (nSPS) is 14.7. The molecule has 2 aromatic carbocycles. The van der Waals surface area contributed by atoms with E-state index in [0.717, 1.165) is 48.5 Å². The number of halogens is 4. The quantitative estimate of drug-likeness (QED) is 0.287. The number of amides is 2. The molecular formula is C27H27F4N7O2. The van der Waals surface area contributed by atoms with E-state index in [-0.39, 0.29) is 0 Å². The number of aromatic nitrogens is 3. The van der Waals surface area contributed by atoms with Crippen LogP contribution in [0.5, 0.6) is 0 Å². The van der Waals surface area contributed by atoms with Crippen LogP contribution in [-0.4, -0.2) is 51.8 Å². The van der Waals surface area contributed by atoms with Gasteiger partial charge in [0.25, 0.3) is 0 Å². The minimum atomic E-state index is -4.67. The van der Waals surface area contributed by atoms with Gasteiger partial charge >= 0.3 is 12.2 Å². The van der Waals surface area contributed by atoms with Crippen molar-refractivity contribution in [1.82, 2.24) is 19.5 Å². The van der Waals surface area contributed by atoms with Gasteiger partial charge in [-0.3, -0.25) is 4.90 Å². The molecule has 3 heterocycles. The minimum absolute atomic E-state index is 0.322. The lowest BCUT2D eigenvalue weighted by Crippen LogP contribution is -2.27. The van der Waals surface area contributed by atoms with E-state index in [2.05, 4.69) is 25.6 Å². The zero-order valence-corrected chi connectivity index (χ0v) is 21.6. The van der Waals surface area contributed by atoms with Gasteiger partial charge in [-0.05, 0) is 54.8 Å². The van der Waals surface area contributed by atoms with E-state index in [4.69, 9.17) is 10.5 Å². The third kappa shape index (κ3) is 5.70. The summed E-state index contributed by atoms with van der Waals surface area (Å²) in [6.07, 6.45) is -2.32. The first-order chi connectivity index (χ1) is 19.1. The van der Waals surface area contributed by atoms with E-state index in [1.54, 1.807) is 24.3 Å². The zero-order valence-electron chi connectivity index (χ0n) is 21.6. The number of hydrogen-bond donors (Lipinski definition) is 3. The number of hydrogen-bond acceptors (Lipinski definition) is 6. The maximum Gasteiger partial charge on any atom is 0.416 e. The standard InChI is InChI=1S/C27H27F4N7O2/c1-16-22(14-37-9-2-11-40-12-10-37)38-24(25(32)33-15-34-38)23(16)17-3-6-19(7-4-17)35-26(39)36-21-13-18(27(29,30)31)5-8-20(21)28/h3-8,13,15H,2,9-12,14H2,1H3,(H2,32,33,34)(H2,35,36,39). The molecule has 0 saturated carbocycles. The van der Waals surface area contributed by atoms with Crippen molar-refractivity contribution in [3.8, 4) is 11.1 Å². The van der Waals surface area contributed by atoms with Crippen LogP contribution in [0.1, 0.15) is 23.2 Å². The Morgan fingerprint density at radius 2 is 1.88 bits per heavy atom. The lowest BCUT2D eigenvalue weighted by Gasteiger charge is -2.19. The minimum Gasteiger partial charge on any atom is -0.382 e. The lowest BCUT2D eigenvalue weighted by molar-refractivity contribution is -0.137. The average Bonchev–Trinajstić information content (AvgIpc) is 3.04. The third-order valence-electron chi connectivity index (χ3n) is 6.78. The van der Waals surface area contributed by atoms with Gasteiger partial charge in [0.2, 0.25) is 0 Å². The molecule has 40 heavy (non-hydrogen) atoms. The molecule has 0 aliphatic carbocycles. The van der Waals surface area contributed by atoms with Crippen LogP contribution in [0.4, 0.5) is 39.5 Å². The summed E-state index contributed by atoms with van der Waals surface area (Å²) >= 11 is 0. The van der Waals surface area contributed by atoms with Crippen LogP contribution in [0.3, 0.4) is 0 Å². The van der Waals surface area contributed by atoms with Crippen molar-refractivity contribution < 1.29 is 27.1 Å². The lowest BCUT2D eigenvalue weighted by atomic mass is 10.0. The number of alkyl halides is 3. The van der Waals surface area contributed by atoms with E-state index in [0.29, 0.717) is 48.4 Å². The molecule has 4 aromatic rings. The van der Waals surface area contributed by atoms with Gasteiger partial charge in [-0.25, -0.2) is 18.7 Å². The van der Waals surface area contributed by atoms with Gasteiger partial charge in [0.05, 0.1) is 23.6 Å². The molecule has 0 unspecified atom stereocenters. The monoisotopic (exact) mass is 557 g/mol. The summed E-state index contributed by atoms with van der Waals surface area (Å²) in [4.78, 5) is 18.9. The molecule has 2 amide bonds. The van der Waals surface area contributed by atoms with Crippen LogP contribution in [0.25, 0.3) is 16.6 Å². The van der Waals surface area contributed by atoms with Gasteiger partial charge in [-0.1, -0.05) is 12.1 Å². The number of carbonyl (C=O) groups is 1. The molecule has 1 aliphatic rings. The fourth-order valence-corrected chi connectivity index (χ4v) is 4.80. The molecular weight excluding hydrogens is 530 g/mol. The van der Waals surface area contributed by atoms with Crippen molar-refractivity contribution in [1.29, 1.82) is 0 Å². The number of fused-ring (bicyclic) bond motifs is 1. The summed E-state index contributed by atoms with van der Waals surface area (Å²) in [6, 6.07) is 7.73. The predicted octanol–water partition coefficient (Wildman–Crippen LogP) is 5.31. The van der Waals surface area contributed by atoms with Crippen molar-refractivity contribution in [3.63, 3.8) is 0 Å². The number of benzene rings is 2. The summed E-state index contributed by atoms with van der Waals surface area (Å²) in [7, 11) is 0. The van der Waals surface area contributed by atoms with E-state index in [9.17, 15) is 22.4 Å². The third-order valence-corrected chi connectivity index (χ3v) is 6.78. The van der Waals surface area contributed by atoms with Crippen LogP contribution >= 0.6 is 0 Å². The molecule has 4 N–H and O–H groups in total. The summed E-state index contributed by atoms with van der Waals surface area (Å²) in [5.41, 5.74) is 9.25. The molecule has 1 saturated heterocycles. The Balaban J connectivity index is 1.38. The van der Waals surface area contributed by atoms with Gasteiger partial charge in [0.1, 0.15) is 17.7 Å². The summed E-state index contributed by atoms with van der Waals surface area (Å²) < 4.78 is 60.3. The highest BCUT2D eigenvalue weighted by Crippen LogP contribution is 2.36. The molecule has 2 aromatic heterocycles. The van der Waals surface area contributed by atoms with Crippen LogP contribution in [-0.2, 0) is 17.5 Å². The molecule has 1 fully saturated rings. The predicted molar refractivity (Wildman–Crippen MR) is 142 cm³/mol. The summed E-state index contributed by atoms with van der Waals surface area (Å²) in [5, 5.41) is 9.11. The fourth-order valence-electron chi connectivity index (χ4n) is 4.80. The van der Waals surface area contributed by atoms with Crippen molar-refractivity contribution in [3.05, 3.63) is 71.4 Å². The number of carbonyl (C=O) groups excluding carboxylic acids is 1. The molecule has 210 valence electrons. The number of nitrogen functional groups attached to an aromatic ring is 1. The average molecular weight is 558 g/mol. The topological polar surface area (TPSA) is 110 Å². The largest absolute Gasteiger partial charge is 0.416 e. The van der Waals surface area contributed by atoms with Crippen LogP contribution in [0, 0.1) is 12.7 Å². The Labute approximate surface area is 226 Å². The Bertz CT molecular complexity index is 1530. The molecule has 0 radical (unpaired) electrons. The molecule has 9 nitrogen and oxygen atoms in total. The van der Waals surface area contributed by atoms with Crippen LogP contribution < -0.4 is 16.4 Å². The maximum atomic E-state index is 14.0. The molecule has 1 aliphatic heterocycles. The Kier molecular flexibility index (Phi) is 7.59. The Hall–Kier alpha value is -4.23. The van der Waals surface area contributed by atoms with Crippen molar-refractivity contribution in [2.24, 2.45) is 0 Å². The summed E-state index contributed by atoms with van der Waals surface area (Å²) in [5.74, 6) is -0.666. The van der Waals surface area contributed by atoms with E-state index in [1.165, 1.54) is 6.33 Å². The first kappa shape index (κ1) is 27.3. The Morgan fingerprint density at radius 3 is 2.62 bits per heavy atom. The second-order valence-electron chi connectivity index (χ2n) is 9.44. The number of nitrogens with two attached hydrogens (primary N) is 1. The first-order valence-electron chi connectivity index (χ1n) is 12.6. The van der Waals surface area contributed by atoms with Gasteiger partial charge in [-0.2, -0.15) is 18.3 Å². The van der Waals surface area contributed by atoms with Gasteiger partial charge < -0.3 is 21.1 Å². The molecule has 0 atom stereocenters. The highest BCUT2D eigenvalue weighted by atomic mass is 19.4. The fraction of sp³-hybridized carbons (Fsp3) is 0.296. The highest BCUT2D eigenvalue weighted by Gasteiger charge is 2.31. The second kappa shape index (κ2) is 11.1. The van der Waals surface area contributed by atoms with E-state index in [1.807, 2.05) is 11.4 Å². The summed E-state index contributed by atoms with van der Waals surface area (Å²) in [6.45, 7) is 5.74. The second-order valence-corrected chi connectivity index (χ2v) is 9.44. The Morgan fingerprint density at radius 1 is 1.10 bits per heavy atom. The van der Waals surface area contributed by atoms with E-state index >= 15 is 0 Å². The first-order valence-corrected chi connectivity index (χ1v) is 12.6. The van der Waals surface area contributed by atoms with Gasteiger partial charge in [0, 0.05) is 37.5 Å². The van der Waals surface area contributed by atoms with Gasteiger partial charge in [-0.15, -0.1) is 0 Å². The SMILES string of the molecule is Cc1c(-c2ccc(NC(=O)Nc3cc(C(F)(F)F)ccc3F)cc2)c2c(N)ncnn2c1CN1CCCOCC1. The molecule has 5 rings (SSSR count).